The Bertz CT molecular complexity index is 731. The Hall–Kier alpha value is -1.51. The van der Waals surface area contributed by atoms with E-state index in [1.807, 2.05) is 9.80 Å². The second-order valence-corrected chi connectivity index (χ2v) is 10.4. The van der Waals surface area contributed by atoms with Crippen LogP contribution < -0.4 is 0 Å². The molecule has 2 atom stereocenters. The summed E-state index contributed by atoms with van der Waals surface area (Å²) in [5.41, 5.74) is -0.659. The number of aliphatic hydroxyl groups excluding tert-OH is 1. The summed E-state index contributed by atoms with van der Waals surface area (Å²) in [6, 6.07) is -0.391. The van der Waals surface area contributed by atoms with Crippen LogP contribution in [0.15, 0.2) is 0 Å². The van der Waals surface area contributed by atoms with Crippen molar-refractivity contribution in [2.75, 3.05) is 45.8 Å². The third kappa shape index (κ3) is 3.80. The van der Waals surface area contributed by atoms with Crippen molar-refractivity contribution in [2.45, 2.75) is 75.5 Å². The molecule has 172 valence electrons. The number of piperazine rings is 1. The Balaban J connectivity index is 1.25. The molecule has 8 nitrogen and oxygen atoms in total. The molecule has 0 aromatic heterocycles. The van der Waals surface area contributed by atoms with Gasteiger partial charge in [0.25, 0.3) is 5.91 Å². The average Bonchev–Trinajstić information content (AvgIpc) is 3.32. The highest BCUT2D eigenvalue weighted by atomic mass is 16.3. The number of β-amino-alcohol motifs (C(OH)–C–C–N with tert-alkyl or cyclic N) is 1. The molecule has 31 heavy (non-hydrogen) atoms. The van der Waals surface area contributed by atoms with Gasteiger partial charge in [-0.15, -0.1) is 0 Å². The van der Waals surface area contributed by atoms with Crippen LogP contribution in [0.2, 0.25) is 0 Å². The maximum Gasteiger partial charge on any atom is 0.252 e. The fourth-order valence-electron chi connectivity index (χ4n) is 6.62. The maximum absolute atomic E-state index is 13.6. The number of aliphatic hydroxyl groups is 1. The highest BCUT2D eigenvalue weighted by Crippen LogP contribution is 2.41. The minimum atomic E-state index is -0.659. The zero-order valence-electron chi connectivity index (χ0n) is 18.5. The van der Waals surface area contributed by atoms with Crippen molar-refractivity contribution < 1.29 is 19.5 Å². The smallest absolute Gasteiger partial charge is 0.252 e. The predicted molar refractivity (Wildman–Crippen MR) is 114 cm³/mol. The Morgan fingerprint density at radius 1 is 1.00 bits per heavy atom. The molecule has 8 heteroatoms. The van der Waals surface area contributed by atoms with E-state index in [1.54, 1.807) is 0 Å². The van der Waals surface area contributed by atoms with Crippen molar-refractivity contribution in [1.29, 1.82) is 0 Å². The fraction of sp³-hybridized carbons (Fsp3) is 0.870. The van der Waals surface area contributed by atoms with Crippen LogP contribution in [-0.4, -0.2) is 106 Å². The molecule has 0 aromatic rings. The van der Waals surface area contributed by atoms with E-state index in [4.69, 9.17) is 0 Å². The van der Waals surface area contributed by atoms with E-state index >= 15 is 0 Å². The van der Waals surface area contributed by atoms with Crippen LogP contribution in [0.1, 0.15) is 57.8 Å². The second-order valence-electron chi connectivity index (χ2n) is 10.4. The van der Waals surface area contributed by atoms with Crippen LogP contribution >= 0.6 is 0 Å². The van der Waals surface area contributed by atoms with Gasteiger partial charge in [0.2, 0.25) is 11.8 Å². The van der Waals surface area contributed by atoms with Crippen molar-refractivity contribution in [3.63, 3.8) is 0 Å². The van der Waals surface area contributed by atoms with Crippen molar-refractivity contribution in [2.24, 2.45) is 5.92 Å². The van der Waals surface area contributed by atoms with E-state index in [1.165, 1.54) is 37.0 Å². The fourth-order valence-corrected chi connectivity index (χ4v) is 6.62. The molecule has 1 N–H and O–H groups in total. The largest absolute Gasteiger partial charge is 0.392 e. The van der Waals surface area contributed by atoms with Crippen molar-refractivity contribution in [3.05, 3.63) is 0 Å². The van der Waals surface area contributed by atoms with Crippen LogP contribution in [0.4, 0.5) is 0 Å². The lowest BCUT2D eigenvalue weighted by atomic mass is 9.80. The van der Waals surface area contributed by atoms with E-state index in [2.05, 4.69) is 4.90 Å². The molecule has 3 amide bonds. The minimum absolute atomic E-state index is 0.0875. The lowest BCUT2D eigenvalue weighted by molar-refractivity contribution is -0.180. The Morgan fingerprint density at radius 2 is 1.77 bits per heavy atom. The molecule has 4 aliphatic heterocycles. The Morgan fingerprint density at radius 3 is 2.48 bits per heavy atom. The SMILES string of the molecule is O=C1CCCN1CCCN1C(=O)[C@@H]2C[C@@H](O)CN2C2(CN(CC3CCCCC3)C2)C1=O. The van der Waals surface area contributed by atoms with Gasteiger partial charge >= 0.3 is 0 Å². The molecule has 0 unspecified atom stereocenters. The van der Waals surface area contributed by atoms with Gasteiger partial charge in [-0.3, -0.25) is 29.1 Å². The summed E-state index contributed by atoms with van der Waals surface area (Å²) in [4.78, 5) is 46.3. The monoisotopic (exact) mass is 432 g/mol. The molecule has 0 aromatic carbocycles. The first kappa shape index (κ1) is 21.3. The van der Waals surface area contributed by atoms with E-state index in [9.17, 15) is 19.5 Å². The number of likely N-dealkylation sites (tertiary alicyclic amines) is 2. The summed E-state index contributed by atoms with van der Waals surface area (Å²) in [6.45, 7) is 4.54. The normalized spacial score (nSPS) is 32.2. The number of hydrogen-bond donors (Lipinski definition) is 1. The molecule has 0 bridgehead atoms. The van der Waals surface area contributed by atoms with Gasteiger partial charge < -0.3 is 10.0 Å². The number of imide groups is 1. The van der Waals surface area contributed by atoms with Crippen molar-refractivity contribution in [1.82, 2.24) is 19.6 Å². The summed E-state index contributed by atoms with van der Waals surface area (Å²) >= 11 is 0. The molecule has 4 saturated heterocycles. The lowest BCUT2D eigenvalue weighted by Gasteiger charge is -2.59. The maximum atomic E-state index is 13.6. The first-order chi connectivity index (χ1) is 15.0. The summed E-state index contributed by atoms with van der Waals surface area (Å²) in [7, 11) is 0. The van der Waals surface area contributed by atoms with Gasteiger partial charge in [0.05, 0.1) is 12.1 Å². The molecule has 0 radical (unpaired) electrons. The number of rotatable bonds is 6. The molecule has 1 spiro atoms. The standard InChI is InChI=1S/C23H36N4O4/c28-18-12-19-21(30)26(11-5-10-25-9-4-8-20(25)29)22(31)23(27(19)14-18)15-24(16-23)13-17-6-2-1-3-7-17/h17-19,28H,1-16H2/t18-,19+/m1/s1. The predicted octanol–water partition coefficient (Wildman–Crippen LogP) is 0.438. The topological polar surface area (TPSA) is 84.4 Å². The molecule has 1 saturated carbocycles. The van der Waals surface area contributed by atoms with E-state index in [-0.39, 0.29) is 17.7 Å². The Labute approximate surface area is 184 Å². The number of nitrogens with zero attached hydrogens (tertiary/aromatic N) is 4. The lowest BCUT2D eigenvalue weighted by Crippen LogP contribution is -2.81. The number of carbonyl (C=O) groups excluding carboxylic acids is 3. The molecule has 5 rings (SSSR count). The van der Waals surface area contributed by atoms with Crippen LogP contribution in [0, 0.1) is 5.92 Å². The second kappa shape index (κ2) is 8.45. The van der Waals surface area contributed by atoms with Crippen molar-refractivity contribution in [3.8, 4) is 0 Å². The van der Waals surface area contributed by atoms with Gasteiger partial charge in [-0.2, -0.15) is 0 Å². The third-order valence-electron chi connectivity index (χ3n) is 8.22. The minimum Gasteiger partial charge on any atom is -0.392 e. The zero-order valence-corrected chi connectivity index (χ0v) is 18.5. The van der Waals surface area contributed by atoms with Crippen LogP contribution in [-0.2, 0) is 14.4 Å². The van der Waals surface area contributed by atoms with Gasteiger partial charge in [-0.1, -0.05) is 19.3 Å². The third-order valence-corrected chi connectivity index (χ3v) is 8.22. The van der Waals surface area contributed by atoms with Gasteiger partial charge in [-0.05, 0) is 38.0 Å². The first-order valence-corrected chi connectivity index (χ1v) is 12.3. The quantitative estimate of drug-likeness (QED) is 0.613. The van der Waals surface area contributed by atoms with Gasteiger partial charge in [0, 0.05) is 52.2 Å². The summed E-state index contributed by atoms with van der Waals surface area (Å²) < 4.78 is 0. The summed E-state index contributed by atoms with van der Waals surface area (Å²) in [5.74, 6) is 0.650. The average molecular weight is 433 g/mol. The van der Waals surface area contributed by atoms with Crippen molar-refractivity contribution >= 4 is 17.7 Å². The molecule has 5 fully saturated rings. The molecule has 5 aliphatic rings. The number of fused-ring (bicyclic) bond motifs is 2. The van der Waals surface area contributed by atoms with Crippen LogP contribution in [0.5, 0.6) is 0 Å². The highest BCUT2D eigenvalue weighted by molar-refractivity contribution is 6.06. The summed E-state index contributed by atoms with van der Waals surface area (Å²) in [6.07, 6.45) is 8.52. The van der Waals surface area contributed by atoms with Crippen LogP contribution in [0.3, 0.4) is 0 Å². The van der Waals surface area contributed by atoms with E-state index in [0.717, 1.165) is 25.4 Å². The summed E-state index contributed by atoms with van der Waals surface area (Å²) in [5, 5.41) is 10.3. The van der Waals surface area contributed by atoms with Crippen LogP contribution in [0.25, 0.3) is 0 Å². The van der Waals surface area contributed by atoms with Gasteiger partial charge in [0.1, 0.15) is 5.54 Å². The van der Waals surface area contributed by atoms with Gasteiger partial charge in [0.15, 0.2) is 0 Å². The molecule has 4 heterocycles. The zero-order chi connectivity index (χ0) is 21.6. The Kier molecular flexibility index (Phi) is 5.81. The highest BCUT2D eigenvalue weighted by Gasteiger charge is 2.64. The molecular formula is C23H36N4O4. The molecule has 1 aliphatic carbocycles. The number of carbonyl (C=O) groups is 3. The van der Waals surface area contributed by atoms with Gasteiger partial charge in [-0.25, -0.2) is 0 Å². The number of hydrogen-bond acceptors (Lipinski definition) is 6. The number of amides is 3. The van der Waals surface area contributed by atoms with E-state index in [0.29, 0.717) is 52.0 Å². The molecular weight excluding hydrogens is 396 g/mol. The van der Waals surface area contributed by atoms with E-state index < -0.39 is 17.7 Å². The first-order valence-electron chi connectivity index (χ1n) is 12.3.